The molecule has 1 unspecified atom stereocenters. The third-order valence-corrected chi connectivity index (χ3v) is 4.55. The lowest BCUT2D eigenvalue weighted by atomic mass is 10.1. The summed E-state index contributed by atoms with van der Waals surface area (Å²) in [6.45, 7) is 0.0328. The van der Waals surface area contributed by atoms with Gasteiger partial charge in [-0.15, -0.1) is 0 Å². The fourth-order valence-electron chi connectivity index (χ4n) is 3.05. The summed E-state index contributed by atoms with van der Waals surface area (Å²) >= 11 is 0. The maximum atomic E-state index is 12.8. The van der Waals surface area contributed by atoms with Crippen LogP contribution in [0.2, 0.25) is 0 Å². The fourth-order valence-corrected chi connectivity index (χ4v) is 3.05. The van der Waals surface area contributed by atoms with Gasteiger partial charge in [-0.2, -0.15) is 13.2 Å². The first kappa shape index (κ1) is 20.4. The molecule has 1 atom stereocenters. The highest BCUT2D eigenvalue weighted by Crippen LogP contribution is 2.30. The van der Waals surface area contributed by atoms with E-state index in [1.54, 1.807) is 30.3 Å². The first-order valence-corrected chi connectivity index (χ1v) is 8.83. The summed E-state index contributed by atoms with van der Waals surface area (Å²) in [4.78, 5) is 37.7. The zero-order valence-electron chi connectivity index (χ0n) is 15.2. The van der Waals surface area contributed by atoms with Gasteiger partial charge in [0.2, 0.25) is 11.8 Å². The number of hydrogen-bond acceptors (Lipinski definition) is 3. The van der Waals surface area contributed by atoms with E-state index in [0.717, 1.165) is 12.1 Å². The molecule has 1 saturated heterocycles. The molecule has 0 aliphatic carbocycles. The largest absolute Gasteiger partial charge is 0.416 e. The van der Waals surface area contributed by atoms with E-state index in [1.165, 1.54) is 17.0 Å². The normalized spacial score (nSPS) is 16.6. The van der Waals surface area contributed by atoms with Crippen LogP contribution in [-0.4, -0.2) is 29.2 Å². The van der Waals surface area contributed by atoms with Crippen LogP contribution >= 0.6 is 0 Å². The number of amides is 3. The average Bonchev–Trinajstić information content (AvgIpc) is 3.06. The molecule has 6 nitrogen and oxygen atoms in total. The standard InChI is InChI=1S/C20H18F3N3O3/c21-20(22,23)16-8-4-5-13(9-16)11-26-12-15(10-17(26)27)19(29)25-24-18(28)14-6-2-1-3-7-14/h1-9,15H,10-12H2,(H,24,28)(H,25,29). The Balaban J connectivity index is 1.56. The van der Waals surface area contributed by atoms with E-state index in [-0.39, 0.29) is 25.4 Å². The number of halogens is 3. The number of alkyl halides is 3. The molecule has 0 aromatic heterocycles. The van der Waals surface area contributed by atoms with E-state index in [4.69, 9.17) is 0 Å². The predicted molar refractivity (Wildman–Crippen MR) is 97.0 cm³/mol. The van der Waals surface area contributed by atoms with E-state index in [1.807, 2.05) is 0 Å². The van der Waals surface area contributed by atoms with Crippen molar-refractivity contribution in [3.63, 3.8) is 0 Å². The Morgan fingerprint density at radius 3 is 2.45 bits per heavy atom. The minimum absolute atomic E-state index is 0.0249. The second-order valence-corrected chi connectivity index (χ2v) is 6.68. The van der Waals surface area contributed by atoms with Gasteiger partial charge in [0.25, 0.3) is 5.91 Å². The molecule has 2 aromatic rings. The number of carbonyl (C=O) groups excluding carboxylic acids is 3. The molecular weight excluding hydrogens is 387 g/mol. The SMILES string of the molecule is O=C(NNC(=O)C1CC(=O)N(Cc2cccc(C(F)(F)F)c2)C1)c1ccccc1. The summed E-state index contributed by atoms with van der Waals surface area (Å²) < 4.78 is 38.5. The summed E-state index contributed by atoms with van der Waals surface area (Å²) in [5.41, 5.74) is 4.47. The quantitative estimate of drug-likeness (QED) is 0.768. The number of carbonyl (C=O) groups is 3. The van der Waals surface area contributed by atoms with Crippen LogP contribution in [0.15, 0.2) is 54.6 Å². The van der Waals surface area contributed by atoms with Crippen molar-refractivity contribution in [3.05, 3.63) is 71.3 Å². The molecule has 0 radical (unpaired) electrons. The van der Waals surface area contributed by atoms with Crippen molar-refractivity contribution in [1.29, 1.82) is 0 Å². The molecule has 29 heavy (non-hydrogen) atoms. The molecule has 0 spiro atoms. The summed E-state index contributed by atoms with van der Waals surface area (Å²) in [5, 5.41) is 0. The molecule has 3 rings (SSSR count). The molecule has 152 valence electrons. The maximum absolute atomic E-state index is 12.8. The Kier molecular flexibility index (Phi) is 5.86. The summed E-state index contributed by atoms with van der Waals surface area (Å²) in [6, 6.07) is 13.0. The zero-order chi connectivity index (χ0) is 21.0. The van der Waals surface area contributed by atoms with Crippen LogP contribution in [0, 0.1) is 5.92 Å². The zero-order valence-corrected chi connectivity index (χ0v) is 15.2. The van der Waals surface area contributed by atoms with E-state index >= 15 is 0 Å². The molecule has 0 saturated carbocycles. The van der Waals surface area contributed by atoms with Crippen molar-refractivity contribution in [2.45, 2.75) is 19.1 Å². The minimum Gasteiger partial charge on any atom is -0.338 e. The van der Waals surface area contributed by atoms with Crippen molar-refractivity contribution in [2.75, 3.05) is 6.54 Å². The number of hydrogen-bond donors (Lipinski definition) is 2. The maximum Gasteiger partial charge on any atom is 0.416 e. The van der Waals surface area contributed by atoms with Crippen LogP contribution in [0.25, 0.3) is 0 Å². The van der Waals surface area contributed by atoms with E-state index < -0.39 is 29.5 Å². The third-order valence-electron chi connectivity index (χ3n) is 4.55. The summed E-state index contributed by atoms with van der Waals surface area (Å²) in [7, 11) is 0. The van der Waals surface area contributed by atoms with Gasteiger partial charge in [0.1, 0.15) is 0 Å². The van der Waals surface area contributed by atoms with E-state index in [0.29, 0.717) is 11.1 Å². The molecule has 2 aromatic carbocycles. The summed E-state index contributed by atoms with van der Waals surface area (Å²) in [5.74, 6) is -2.07. The van der Waals surface area contributed by atoms with Crippen LogP contribution in [0.4, 0.5) is 13.2 Å². The molecular formula is C20H18F3N3O3. The van der Waals surface area contributed by atoms with E-state index in [2.05, 4.69) is 10.9 Å². The van der Waals surface area contributed by atoms with Crippen LogP contribution in [0.1, 0.15) is 27.9 Å². The van der Waals surface area contributed by atoms with Gasteiger partial charge >= 0.3 is 6.18 Å². The molecule has 3 amide bonds. The Morgan fingerprint density at radius 1 is 1.03 bits per heavy atom. The highest BCUT2D eigenvalue weighted by Gasteiger charge is 2.35. The highest BCUT2D eigenvalue weighted by atomic mass is 19.4. The van der Waals surface area contributed by atoms with Gasteiger partial charge in [-0.1, -0.05) is 30.3 Å². The lowest BCUT2D eigenvalue weighted by Gasteiger charge is -2.18. The number of nitrogens with zero attached hydrogens (tertiary/aromatic N) is 1. The lowest BCUT2D eigenvalue weighted by molar-refractivity contribution is -0.137. The molecule has 1 aliphatic heterocycles. The molecule has 2 N–H and O–H groups in total. The van der Waals surface area contributed by atoms with Crippen molar-refractivity contribution >= 4 is 17.7 Å². The lowest BCUT2D eigenvalue weighted by Crippen LogP contribution is -2.45. The molecule has 0 bridgehead atoms. The van der Waals surface area contributed by atoms with Crippen molar-refractivity contribution in [1.82, 2.24) is 15.8 Å². The first-order valence-electron chi connectivity index (χ1n) is 8.83. The average molecular weight is 405 g/mol. The molecule has 1 heterocycles. The molecule has 1 fully saturated rings. The second kappa shape index (κ2) is 8.34. The number of hydrazine groups is 1. The number of nitrogens with one attached hydrogen (secondary N) is 2. The van der Waals surface area contributed by atoms with E-state index in [9.17, 15) is 27.6 Å². The topological polar surface area (TPSA) is 78.5 Å². The van der Waals surface area contributed by atoms with Crippen molar-refractivity contribution < 1.29 is 27.6 Å². The molecule has 9 heteroatoms. The summed E-state index contributed by atoms with van der Waals surface area (Å²) in [6.07, 6.45) is -4.55. The number of likely N-dealkylation sites (tertiary alicyclic amines) is 1. The van der Waals surface area contributed by atoms with Crippen LogP contribution < -0.4 is 10.9 Å². The Bertz CT molecular complexity index is 916. The van der Waals surface area contributed by atoms with Gasteiger partial charge < -0.3 is 4.90 Å². The molecule has 1 aliphatic rings. The van der Waals surface area contributed by atoms with Gasteiger partial charge in [0, 0.05) is 25.1 Å². The Labute approximate surface area is 164 Å². The smallest absolute Gasteiger partial charge is 0.338 e. The van der Waals surface area contributed by atoms with Gasteiger partial charge in [-0.05, 0) is 29.8 Å². The van der Waals surface area contributed by atoms with Crippen molar-refractivity contribution in [3.8, 4) is 0 Å². The Morgan fingerprint density at radius 2 is 1.76 bits per heavy atom. The van der Waals surface area contributed by atoms with Crippen LogP contribution in [-0.2, 0) is 22.3 Å². The minimum atomic E-state index is -4.47. The van der Waals surface area contributed by atoms with Crippen LogP contribution in [0.3, 0.4) is 0 Å². The number of benzene rings is 2. The third kappa shape index (κ3) is 5.13. The van der Waals surface area contributed by atoms with Gasteiger partial charge in [0.05, 0.1) is 11.5 Å². The highest BCUT2D eigenvalue weighted by molar-refractivity contribution is 5.96. The Hall–Kier alpha value is -3.36. The first-order chi connectivity index (χ1) is 13.7. The predicted octanol–water partition coefficient (Wildman–Crippen LogP) is 2.52. The van der Waals surface area contributed by atoms with Crippen molar-refractivity contribution in [2.24, 2.45) is 5.92 Å². The fraction of sp³-hybridized carbons (Fsp3) is 0.250. The van der Waals surface area contributed by atoms with Gasteiger partial charge in [-0.3, -0.25) is 25.2 Å². The van der Waals surface area contributed by atoms with Crippen LogP contribution in [0.5, 0.6) is 0 Å². The second-order valence-electron chi connectivity index (χ2n) is 6.68. The van der Waals surface area contributed by atoms with Gasteiger partial charge in [0.15, 0.2) is 0 Å². The van der Waals surface area contributed by atoms with Gasteiger partial charge in [-0.25, -0.2) is 0 Å². The number of rotatable bonds is 4. The monoisotopic (exact) mass is 405 g/mol.